The van der Waals surface area contributed by atoms with Gasteiger partial charge in [-0.2, -0.15) is 0 Å². The molecule has 1 fully saturated rings. The van der Waals surface area contributed by atoms with Crippen LogP contribution in [0.4, 0.5) is 0 Å². The molecule has 1 heterocycles. The summed E-state index contributed by atoms with van der Waals surface area (Å²) in [4.78, 5) is 35.1. The van der Waals surface area contributed by atoms with Gasteiger partial charge in [-0.1, -0.05) is 49.1 Å². The lowest BCUT2D eigenvalue weighted by Gasteiger charge is -2.34. The van der Waals surface area contributed by atoms with Crippen LogP contribution in [-0.2, 0) is 6.54 Å². The van der Waals surface area contributed by atoms with Crippen molar-refractivity contribution in [3.8, 4) is 0 Å². The molecule has 0 saturated heterocycles. The van der Waals surface area contributed by atoms with Crippen molar-refractivity contribution in [3.05, 3.63) is 75.8 Å². The number of para-hydroxylation sites is 1. The van der Waals surface area contributed by atoms with Crippen LogP contribution in [-0.4, -0.2) is 26.8 Å². The number of nitrogens with one attached hydrogen (secondary N) is 1. The van der Waals surface area contributed by atoms with E-state index in [4.69, 9.17) is 0 Å². The van der Waals surface area contributed by atoms with E-state index in [-0.39, 0.29) is 17.5 Å². The molecule has 0 unspecified atom stereocenters. The molecule has 3 aromatic rings. The van der Waals surface area contributed by atoms with Gasteiger partial charge < -0.3 is 9.88 Å². The van der Waals surface area contributed by atoms with Crippen molar-refractivity contribution in [2.75, 3.05) is 0 Å². The van der Waals surface area contributed by atoms with Crippen molar-refractivity contribution in [3.63, 3.8) is 0 Å². The van der Waals surface area contributed by atoms with Gasteiger partial charge in [0, 0.05) is 11.6 Å². The number of aryl methyl sites for hydroxylation is 1. The van der Waals surface area contributed by atoms with Gasteiger partial charge >= 0.3 is 0 Å². The Balaban J connectivity index is 1.68. The number of aromatic amines is 1. The van der Waals surface area contributed by atoms with Crippen LogP contribution in [0, 0.1) is 6.92 Å². The third-order valence-electron chi connectivity index (χ3n) is 5.56. The van der Waals surface area contributed by atoms with Crippen LogP contribution in [0.2, 0.25) is 0 Å². The van der Waals surface area contributed by atoms with E-state index in [2.05, 4.69) is 9.97 Å². The molecule has 5 nitrogen and oxygen atoms in total. The van der Waals surface area contributed by atoms with Crippen molar-refractivity contribution in [1.82, 2.24) is 14.9 Å². The van der Waals surface area contributed by atoms with E-state index in [1.807, 2.05) is 54.3 Å². The maximum atomic E-state index is 13.3. The van der Waals surface area contributed by atoms with Gasteiger partial charge in [-0.05, 0) is 44.0 Å². The maximum Gasteiger partial charge on any atom is 0.258 e. The minimum Gasteiger partial charge on any atom is -0.328 e. The Kier molecular flexibility index (Phi) is 5.24. The van der Waals surface area contributed by atoms with Gasteiger partial charge in [0.25, 0.3) is 11.5 Å². The Morgan fingerprint density at radius 3 is 2.54 bits per heavy atom. The zero-order valence-electron chi connectivity index (χ0n) is 16.1. The number of rotatable bonds is 4. The second kappa shape index (κ2) is 7.97. The SMILES string of the molecule is Cc1ccc(C(=O)N(Cc2nc3ccccc3c(=O)[nH]2)C2CCCCC2)cc1. The zero-order valence-corrected chi connectivity index (χ0v) is 16.1. The van der Waals surface area contributed by atoms with Gasteiger partial charge in [0.15, 0.2) is 0 Å². The molecule has 4 rings (SSSR count). The number of carbonyl (C=O) groups excluding carboxylic acids is 1. The highest BCUT2D eigenvalue weighted by Crippen LogP contribution is 2.25. The lowest BCUT2D eigenvalue weighted by atomic mass is 9.93. The van der Waals surface area contributed by atoms with Crippen LogP contribution in [0.25, 0.3) is 10.9 Å². The highest BCUT2D eigenvalue weighted by molar-refractivity contribution is 5.94. The molecule has 0 aliphatic heterocycles. The van der Waals surface area contributed by atoms with Gasteiger partial charge in [-0.25, -0.2) is 4.98 Å². The Hall–Kier alpha value is -2.95. The molecule has 5 heteroatoms. The quantitative estimate of drug-likeness (QED) is 0.743. The highest BCUT2D eigenvalue weighted by atomic mass is 16.2. The zero-order chi connectivity index (χ0) is 19.5. The lowest BCUT2D eigenvalue weighted by Crippen LogP contribution is -2.41. The number of amides is 1. The second-order valence-electron chi connectivity index (χ2n) is 7.62. The largest absolute Gasteiger partial charge is 0.328 e. The number of carbonyl (C=O) groups is 1. The van der Waals surface area contributed by atoms with Crippen LogP contribution in [0.15, 0.2) is 53.3 Å². The summed E-state index contributed by atoms with van der Waals surface area (Å²) in [6.07, 6.45) is 5.47. The minimum atomic E-state index is -0.160. The molecule has 1 N–H and O–H groups in total. The summed E-state index contributed by atoms with van der Waals surface area (Å²) in [6.45, 7) is 2.33. The topological polar surface area (TPSA) is 66.1 Å². The van der Waals surface area contributed by atoms with Crippen LogP contribution in [0.3, 0.4) is 0 Å². The smallest absolute Gasteiger partial charge is 0.258 e. The second-order valence-corrected chi connectivity index (χ2v) is 7.62. The van der Waals surface area contributed by atoms with Gasteiger partial charge in [-0.15, -0.1) is 0 Å². The van der Waals surface area contributed by atoms with E-state index < -0.39 is 0 Å². The molecular weight excluding hydrogens is 350 g/mol. The fourth-order valence-corrected chi connectivity index (χ4v) is 3.99. The standard InChI is InChI=1S/C23H25N3O2/c1-16-11-13-17(14-12-16)23(28)26(18-7-3-2-4-8-18)15-21-24-20-10-6-5-9-19(20)22(27)25-21/h5-6,9-14,18H,2-4,7-8,15H2,1H3,(H,24,25,27). The molecule has 0 radical (unpaired) electrons. The van der Waals surface area contributed by atoms with E-state index in [0.717, 1.165) is 31.2 Å². The molecule has 2 aromatic carbocycles. The molecule has 0 atom stereocenters. The van der Waals surface area contributed by atoms with E-state index in [1.54, 1.807) is 6.07 Å². The fourth-order valence-electron chi connectivity index (χ4n) is 3.99. The van der Waals surface area contributed by atoms with Crippen molar-refractivity contribution < 1.29 is 4.79 Å². The summed E-state index contributed by atoms with van der Waals surface area (Å²) in [7, 11) is 0. The monoisotopic (exact) mass is 375 g/mol. The average Bonchev–Trinajstić information content (AvgIpc) is 2.73. The summed E-state index contributed by atoms with van der Waals surface area (Å²) in [6, 6.07) is 15.2. The van der Waals surface area contributed by atoms with E-state index in [1.165, 1.54) is 6.42 Å². The summed E-state index contributed by atoms with van der Waals surface area (Å²) in [5.41, 5.74) is 2.31. The van der Waals surface area contributed by atoms with Crippen molar-refractivity contribution in [1.29, 1.82) is 0 Å². The number of H-pyrrole nitrogens is 1. The van der Waals surface area contributed by atoms with Crippen LogP contribution in [0.5, 0.6) is 0 Å². The first-order valence-electron chi connectivity index (χ1n) is 9.97. The minimum absolute atomic E-state index is 0.00251. The number of hydrogen-bond acceptors (Lipinski definition) is 3. The molecule has 144 valence electrons. The third-order valence-corrected chi connectivity index (χ3v) is 5.56. The molecule has 1 aromatic heterocycles. The van der Waals surface area contributed by atoms with E-state index >= 15 is 0 Å². The molecule has 28 heavy (non-hydrogen) atoms. The molecule has 1 aliphatic rings. The Morgan fingerprint density at radius 1 is 1.07 bits per heavy atom. The van der Waals surface area contributed by atoms with Gasteiger partial charge in [0.1, 0.15) is 5.82 Å². The molecule has 1 saturated carbocycles. The van der Waals surface area contributed by atoms with E-state index in [9.17, 15) is 9.59 Å². The number of fused-ring (bicyclic) bond motifs is 1. The highest BCUT2D eigenvalue weighted by Gasteiger charge is 2.27. The van der Waals surface area contributed by atoms with Crippen LogP contribution in [0.1, 0.15) is 53.8 Å². The average molecular weight is 375 g/mol. The molecule has 0 bridgehead atoms. The van der Waals surface area contributed by atoms with Crippen molar-refractivity contribution in [2.45, 2.75) is 51.6 Å². The molecule has 0 spiro atoms. The van der Waals surface area contributed by atoms with Crippen molar-refractivity contribution in [2.24, 2.45) is 0 Å². The van der Waals surface area contributed by atoms with Gasteiger partial charge in [0.2, 0.25) is 0 Å². The first-order chi connectivity index (χ1) is 13.6. The van der Waals surface area contributed by atoms with Crippen LogP contribution < -0.4 is 5.56 Å². The Morgan fingerprint density at radius 2 is 1.79 bits per heavy atom. The van der Waals surface area contributed by atoms with Gasteiger partial charge in [0.05, 0.1) is 17.4 Å². The normalized spacial score (nSPS) is 14.9. The number of aromatic nitrogens is 2. The summed E-state index contributed by atoms with van der Waals surface area (Å²) in [5, 5.41) is 0.570. The molecule has 1 aliphatic carbocycles. The summed E-state index contributed by atoms with van der Waals surface area (Å²) < 4.78 is 0. The Labute approximate surface area is 164 Å². The van der Waals surface area contributed by atoms with Crippen LogP contribution >= 0.6 is 0 Å². The maximum absolute atomic E-state index is 13.3. The predicted octanol–water partition coefficient (Wildman–Crippen LogP) is 4.21. The fraction of sp³-hybridized carbons (Fsp3) is 0.348. The first kappa shape index (κ1) is 18.4. The molecule has 1 amide bonds. The summed E-state index contributed by atoms with van der Waals surface area (Å²) in [5.74, 6) is 0.539. The van der Waals surface area contributed by atoms with Gasteiger partial charge in [-0.3, -0.25) is 9.59 Å². The third kappa shape index (κ3) is 3.84. The lowest BCUT2D eigenvalue weighted by molar-refractivity contribution is 0.0607. The van der Waals surface area contributed by atoms with E-state index in [0.29, 0.717) is 28.8 Å². The predicted molar refractivity (Wildman–Crippen MR) is 110 cm³/mol. The number of benzene rings is 2. The first-order valence-corrected chi connectivity index (χ1v) is 9.97. The summed E-state index contributed by atoms with van der Waals surface area (Å²) >= 11 is 0. The number of hydrogen-bond donors (Lipinski definition) is 1. The Bertz CT molecular complexity index is 1030. The van der Waals surface area contributed by atoms with Crippen molar-refractivity contribution >= 4 is 16.8 Å². The molecular formula is C23H25N3O2. The number of nitrogens with zero attached hydrogens (tertiary/aromatic N) is 2.